The fourth-order valence-electron chi connectivity index (χ4n) is 1.79. The van der Waals surface area contributed by atoms with Gasteiger partial charge in [-0.15, -0.1) is 0 Å². The van der Waals surface area contributed by atoms with E-state index in [1.807, 2.05) is 6.07 Å². The summed E-state index contributed by atoms with van der Waals surface area (Å²) >= 11 is 6.63. The standard InChI is InChI=1S/C14H10Br2FNO2/c15-12-6-3-10(8-14(12)17)13(16)7-9-1-4-11(5-2-9)18(19)20/h1-6,8,13H,7H2. The molecule has 0 aliphatic carbocycles. The van der Waals surface area contributed by atoms with E-state index in [2.05, 4.69) is 31.9 Å². The number of non-ortho nitro benzene ring substituents is 1. The summed E-state index contributed by atoms with van der Waals surface area (Å²) in [7, 11) is 0. The summed E-state index contributed by atoms with van der Waals surface area (Å²) in [4.78, 5) is 10.1. The molecule has 0 aliphatic rings. The van der Waals surface area contributed by atoms with E-state index in [-0.39, 0.29) is 16.3 Å². The molecule has 0 heterocycles. The van der Waals surface area contributed by atoms with Gasteiger partial charge < -0.3 is 0 Å². The van der Waals surface area contributed by atoms with Crippen molar-refractivity contribution >= 4 is 37.5 Å². The maximum atomic E-state index is 13.5. The Morgan fingerprint density at radius 2 is 1.85 bits per heavy atom. The third-order valence-corrected chi connectivity index (χ3v) is 4.36. The van der Waals surface area contributed by atoms with Gasteiger partial charge in [0, 0.05) is 17.0 Å². The van der Waals surface area contributed by atoms with Gasteiger partial charge >= 0.3 is 0 Å². The highest BCUT2D eigenvalue weighted by atomic mass is 79.9. The first-order valence-electron chi connectivity index (χ1n) is 5.79. The zero-order valence-electron chi connectivity index (χ0n) is 10.2. The molecule has 2 rings (SSSR count). The molecule has 0 amide bonds. The molecular formula is C14H10Br2FNO2. The molecule has 0 radical (unpaired) electrons. The zero-order valence-corrected chi connectivity index (χ0v) is 13.4. The molecule has 0 bridgehead atoms. The first kappa shape index (κ1) is 15.1. The van der Waals surface area contributed by atoms with Crippen molar-refractivity contribution in [3.05, 3.63) is 74.0 Å². The Kier molecular flexibility index (Phi) is 4.88. The number of rotatable bonds is 4. The van der Waals surface area contributed by atoms with Crippen LogP contribution in [0.5, 0.6) is 0 Å². The van der Waals surface area contributed by atoms with Crippen LogP contribution in [0.25, 0.3) is 0 Å². The molecule has 3 nitrogen and oxygen atoms in total. The van der Waals surface area contributed by atoms with Gasteiger partial charge in [-0.25, -0.2) is 4.39 Å². The molecule has 2 aromatic carbocycles. The second-order valence-corrected chi connectivity index (χ2v) is 6.23. The molecule has 6 heteroatoms. The molecule has 20 heavy (non-hydrogen) atoms. The Balaban J connectivity index is 2.12. The largest absolute Gasteiger partial charge is 0.269 e. The molecule has 0 saturated heterocycles. The van der Waals surface area contributed by atoms with Gasteiger partial charge in [0.2, 0.25) is 0 Å². The van der Waals surface area contributed by atoms with Crippen molar-refractivity contribution in [2.75, 3.05) is 0 Å². The zero-order chi connectivity index (χ0) is 14.7. The van der Waals surface area contributed by atoms with Gasteiger partial charge in [-0.3, -0.25) is 10.1 Å². The monoisotopic (exact) mass is 401 g/mol. The second kappa shape index (κ2) is 6.45. The van der Waals surface area contributed by atoms with E-state index < -0.39 is 4.92 Å². The molecule has 1 atom stereocenters. The summed E-state index contributed by atoms with van der Waals surface area (Å²) in [5, 5.41) is 10.6. The van der Waals surface area contributed by atoms with Gasteiger partial charge in [0.25, 0.3) is 5.69 Å². The topological polar surface area (TPSA) is 43.1 Å². The van der Waals surface area contributed by atoms with Crippen molar-refractivity contribution in [1.82, 2.24) is 0 Å². The predicted octanol–water partition coefficient (Wildman–Crippen LogP) is 5.18. The molecule has 0 fully saturated rings. The van der Waals surface area contributed by atoms with Crippen LogP contribution in [0.2, 0.25) is 0 Å². The number of alkyl halides is 1. The van der Waals surface area contributed by atoms with Gasteiger partial charge in [0.05, 0.1) is 9.40 Å². The molecule has 0 N–H and O–H groups in total. The Morgan fingerprint density at radius 1 is 1.20 bits per heavy atom. The smallest absolute Gasteiger partial charge is 0.258 e. The Bertz CT molecular complexity index is 632. The highest BCUT2D eigenvalue weighted by Crippen LogP contribution is 2.30. The average Bonchev–Trinajstić information content (AvgIpc) is 2.42. The summed E-state index contributed by atoms with van der Waals surface area (Å²) in [5.74, 6) is -0.310. The second-order valence-electron chi connectivity index (χ2n) is 4.27. The lowest BCUT2D eigenvalue weighted by atomic mass is 10.0. The Labute approximate surface area is 132 Å². The van der Waals surface area contributed by atoms with Gasteiger partial charge in [-0.05, 0) is 45.6 Å². The summed E-state index contributed by atoms with van der Waals surface area (Å²) < 4.78 is 13.9. The minimum atomic E-state index is -0.431. The highest BCUT2D eigenvalue weighted by molar-refractivity contribution is 9.10. The maximum Gasteiger partial charge on any atom is 0.269 e. The Hall–Kier alpha value is -1.27. The predicted molar refractivity (Wildman–Crippen MR) is 82.6 cm³/mol. The normalized spacial score (nSPS) is 12.2. The van der Waals surface area contributed by atoms with Crippen LogP contribution in [-0.2, 0) is 6.42 Å². The molecule has 0 saturated carbocycles. The molecule has 1 unspecified atom stereocenters. The summed E-state index contributed by atoms with van der Waals surface area (Å²) in [6.45, 7) is 0. The van der Waals surface area contributed by atoms with Crippen LogP contribution in [0.1, 0.15) is 16.0 Å². The maximum absolute atomic E-state index is 13.5. The van der Waals surface area contributed by atoms with E-state index in [0.29, 0.717) is 10.9 Å². The van der Waals surface area contributed by atoms with Crippen LogP contribution in [0.15, 0.2) is 46.9 Å². The number of benzene rings is 2. The third-order valence-electron chi connectivity index (χ3n) is 2.87. The van der Waals surface area contributed by atoms with Crippen molar-refractivity contribution in [3.8, 4) is 0 Å². The average molecular weight is 403 g/mol. The van der Waals surface area contributed by atoms with Crippen LogP contribution in [0.3, 0.4) is 0 Å². The van der Waals surface area contributed by atoms with Crippen LogP contribution < -0.4 is 0 Å². The van der Waals surface area contributed by atoms with Crippen LogP contribution in [0, 0.1) is 15.9 Å². The van der Waals surface area contributed by atoms with Crippen molar-refractivity contribution in [2.24, 2.45) is 0 Å². The molecule has 104 valence electrons. The fourth-order valence-corrected chi connectivity index (χ4v) is 2.69. The van der Waals surface area contributed by atoms with Crippen LogP contribution in [0.4, 0.5) is 10.1 Å². The van der Waals surface area contributed by atoms with Crippen molar-refractivity contribution in [2.45, 2.75) is 11.2 Å². The van der Waals surface area contributed by atoms with Crippen molar-refractivity contribution in [1.29, 1.82) is 0 Å². The summed E-state index contributed by atoms with van der Waals surface area (Å²) in [6, 6.07) is 11.3. The number of nitro groups is 1. The minimum Gasteiger partial charge on any atom is -0.258 e. The number of nitrogens with zero attached hydrogens (tertiary/aromatic N) is 1. The molecule has 0 aromatic heterocycles. The Morgan fingerprint density at radius 3 is 2.40 bits per heavy atom. The van der Waals surface area contributed by atoms with Crippen LogP contribution in [-0.4, -0.2) is 4.92 Å². The first-order valence-corrected chi connectivity index (χ1v) is 7.50. The first-order chi connectivity index (χ1) is 9.47. The third kappa shape index (κ3) is 3.64. The van der Waals surface area contributed by atoms with Gasteiger partial charge in [0.15, 0.2) is 0 Å². The van der Waals surface area contributed by atoms with E-state index in [9.17, 15) is 14.5 Å². The van der Waals surface area contributed by atoms with Gasteiger partial charge in [-0.2, -0.15) is 0 Å². The molecule has 0 spiro atoms. The van der Waals surface area contributed by atoms with E-state index in [1.165, 1.54) is 18.2 Å². The lowest BCUT2D eigenvalue weighted by molar-refractivity contribution is -0.384. The lowest BCUT2D eigenvalue weighted by Crippen LogP contribution is -1.97. The van der Waals surface area contributed by atoms with Gasteiger partial charge in [-0.1, -0.05) is 34.1 Å². The highest BCUT2D eigenvalue weighted by Gasteiger charge is 2.12. The van der Waals surface area contributed by atoms with E-state index in [0.717, 1.165) is 11.1 Å². The number of halogens is 3. The number of nitro benzene ring substituents is 1. The number of hydrogen-bond donors (Lipinski definition) is 0. The van der Waals surface area contributed by atoms with E-state index in [1.54, 1.807) is 18.2 Å². The van der Waals surface area contributed by atoms with E-state index >= 15 is 0 Å². The number of hydrogen-bond acceptors (Lipinski definition) is 2. The molecular weight excluding hydrogens is 393 g/mol. The lowest BCUT2D eigenvalue weighted by Gasteiger charge is -2.11. The molecule has 0 aliphatic heterocycles. The van der Waals surface area contributed by atoms with Crippen molar-refractivity contribution < 1.29 is 9.31 Å². The fraction of sp³-hybridized carbons (Fsp3) is 0.143. The SMILES string of the molecule is O=[N+]([O-])c1ccc(CC(Br)c2ccc(Br)c(F)c2)cc1. The van der Waals surface area contributed by atoms with Gasteiger partial charge in [0.1, 0.15) is 5.82 Å². The summed E-state index contributed by atoms with van der Waals surface area (Å²) in [6.07, 6.45) is 0.624. The summed E-state index contributed by atoms with van der Waals surface area (Å²) in [5.41, 5.74) is 1.83. The van der Waals surface area contributed by atoms with Crippen LogP contribution >= 0.6 is 31.9 Å². The minimum absolute atomic E-state index is 0.0495. The van der Waals surface area contributed by atoms with Crippen molar-refractivity contribution in [3.63, 3.8) is 0 Å². The van der Waals surface area contributed by atoms with E-state index in [4.69, 9.17) is 0 Å². The molecule has 2 aromatic rings. The quantitative estimate of drug-likeness (QED) is 0.402.